The molecule has 0 bridgehead atoms. The molecule has 1 aliphatic rings. The molecule has 0 unspecified atom stereocenters. The highest BCUT2D eigenvalue weighted by Crippen LogP contribution is 2.34. The molecule has 2 aromatic rings. The zero-order valence-corrected chi connectivity index (χ0v) is 12.3. The second-order valence-electron chi connectivity index (χ2n) is 5.59. The summed E-state index contributed by atoms with van der Waals surface area (Å²) < 4.78 is 0. The van der Waals surface area contributed by atoms with Gasteiger partial charge in [-0.3, -0.25) is 4.79 Å². The third-order valence-corrected chi connectivity index (χ3v) is 4.13. The summed E-state index contributed by atoms with van der Waals surface area (Å²) in [7, 11) is 0. The maximum atomic E-state index is 12.0. The molecule has 1 heterocycles. The van der Waals surface area contributed by atoms with Crippen LogP contribution in [0.2, 0.25) is 0 Å². The average molecular weight is 277 g/mol. The maximum Gasteiger partial charge on any atom is 0.246 e. The lowest BCUT2D eigenvalue weighted by molar-refractivity contribution is -0.127. The summed E-state index contributed by atoms with van der Waals surface area (Å²) in [5.74, 6) is 0.238. The molecule has 0 aromatic heterocycles. The van der Waals surface area contributed by atoms with Crippen LogP contribution in [0, 0.1) is 6.92 Å². The lowest BCUT2D eigenvalue weighted by Crippen LogP contribution is -2.37. The van der Waals surface area contributed by atoms with Crippen LogP contribution in [0.3, 0.4) is 0 Å². The van der Waals surface area contributed by atoms with Gasteiger partial charge in [0.15, 0.2) is 0 Å². The predicted molar refractivity (Wildman–Crippen MR) is 85.1 cm³/mol. The van der Waals surface area contributed by atoms with Gasteiger partial charge in [0.25, 0.3) is 0 Å². The molecule has 1 amide bonds. The van der Waals surface area contributed by atoms with E-state index in [9.17, 15) is 4.79 Å². The summed E-state index contributed by atoms with van der Waals surface area (Å²) in [6.07, 6.45) is 1.41. The van der Waals surface area contributed by atoms with Crippen molar-refractivity contribution < 1.29 is 4.79 Å². The Kier molecular flexibility index (Phi) is 3.61. The number of amides is 1. The van der Waals surface area contributed by atoms with Crippen LogP contribution < -0.4 is 0 Å². The van der Waals surface area contributed by atoms with Crippen LogP contribution in [-0.4, -0.2) is 17.4 Å². The fraction of sp³-hybridized carbons (Fsp3) is 0.211. The quantitative estimate of drug-likeness (QED) is 0.767. The van der Waals surface area contributed by atoms with E-state index < -0.39 is 0 Å². The number of hydrogen-bond donors (Lipinski definition) is 0. The highest BCUT2D eigenvalue weighted by Gasteiger charge is 2.28. The molecule has 0 fully saturated rings. The highest BCUT2D eigenvalue weighted by atomic mass is 16.2. The van der Waals surface area contributed by atoms with E-state index in [1.807, 2.05) is 11.0 Å². The molecule has 2 heteroatoms. The van der Waals surface area contributed by atoms with E-state index in [4.69, 9.17) is 0 Å². The Hall–Kier alpha value is -2.35. The Morgan fingerprint density at radius 2 is 2.00 bits per heavy atom. The van der Waals surface area contributed by atoms with Crippen LogP contribution in [0.1, 0.15) is 28.2 Å². The normalized spacial score (nSPS) is 17.2. The van der Waals surface area contributed by atoms with E-state index in [1.54, 1.807) is 0 Å². The Balaban J connectivity index is 2.07. The molecular weight excluding hydrogens is 258 g/mol. The monoisotopic (exact) mass is 277 g/mol. The molecular formula is C19H19NO. The molecule has 0 saturated carbocycles. The maximum absolute atomic E-state index is 12.0. The van der Waals surface area contributed by atoms with E-state index in [-0.39, 0.29) is 11.8 Å². The second kappa shape index (κ2) is 5.57. The van der Waals surface area contributed by atoms with E-state index in [0.717, 1.165) is 0 Å². The molecule has 0 spiro atoms. The minimum absolute atomic E-state index is 0.00286. The molecule has 106 valence electrons. The van der Waals surface area contributed by atoms with Crippen LogP contribution in [0.25, 0.3) is 0 Å². The summed E-state index contributed by atoms with van der Waals surface area (Å²) in [6.45, 7) is 7.09. The summed E-state index contributed by atoms with van der Waals surface area (Å²) in [6, 6.07) is 16.9. The number of hydrogen-bond acceptors (Lipinski definition) is 1. The van der Waals surface area contributed by atoms with Gasteiger partial charge < -0.3 is 4.90 Å². The third kappa shape index (κ3) is 2.62. The van der Waals surface area contributed by atoms with Crippen LogP contribution in [0.4, 0.5) is 0 Å². The van der Waals surface area contributed by atoms with Gasteiger partial charge in [0.2, 0.25) is 5.91 Å². The van der Waals surface area contributed by atoms with Crippen molar-refractivity contribution in [2.24, 2.45) is 0 Å². The standard InChI is InChI=1S/C19H19NO/c1-3-19(21)20-12-16-11-14(2)9-10-17(16)18(13-20)15-7-5-4-6-8-15/h3-11,18H,1,12-13H2,2H3/t18-/m0/s1. The number of nitrogens with zero attached hydrogens (tertiary/aromatic N) is 1. The first-order valence-electron chi connectivity index (χ1n) is 7.24. The van der Waals surface area contributed by atoms with E-state index >= 15 is 0 Å². The first-order valence-corrected chi connectivity index (χ1v) is 7.24. The fourth-order valence-corrected chi connectivity index (χ4v) is 3.07. The number of fused-ring (bicyclic) bond motifs is 1. The van der Waals surface area contributed by atoms with Gasteiger partial charge in [-0.25, -0.2) is 0 Å². The SMILES string of the molecule is C=CC(=O)N1Cc2cc(C)ccc2[C@H](c2ccccc2)C1. The van der Waals surface area contributed by atoms with Gasteiger partial charge in [-0.1, -0.05) is 60.7 Å². The van der Waals surface area contributed by atoms with Crippen LogP contribution in [-0.2, 0) is 11.3 Å². The summed E-state index contributed by atoms with van der Waals surface area (Å²) in [4.78, 5) is 13.9. The lowest BCUT2D eigenvalue weighted by Gasteiger charge is -2.34. The number of benzene rings is 2. The zero-order chi connectivity index (χ0) is 14.8. The largest absolute Gasteiger partial charge is 0.334 e. The first-order chi connectivity index (χ1) is 10.2. The van der Waals surface area contributed by atoms with Crippen molar-refractivity contribution in [3.05, 3.63) is 83.4 Å². The van der Waals surface area contributed by atoms with Gasteiger partial charge in [-0.15, -0.1) is 0 Å². The number of aryl methyl sites for hydroxylation is 1. The molecule has 0 aliphatic carbocycles. The Morgan fingerprint density at radius 1 is 1.24 bits per heavy atom. The van der Waals surface area contributed by atoms with Crippen LogP contribution in [0.15, 0.2) is 61.2 Å². The number of carbonyl (C=O) groups excluding carboxylic acids is 1. The minimum Gasteiger partial charge on any atom is -0.334 e. The highest BCUT2D eigenvalue weighted by molar-refractivity contribution is 5.87. The van der Waals surface area contributed by atoms with Crippen LogP contribution in [0.5, 0.6) is 0 Å². The van der Waals surface area contributed by atoms with Crippen molar-refractivity contribution >= 4 is 5.91 Å². The summed E-state index contributed by atoms with van der Waals surface area (Å²) in [5, 5.41) is 0. The van der Waals surface area contributed by atoms with Crippen molar-refractivity contribution in [3.63, 3.8) is 0 Å². The van der Waals surface area contributed by atoms with Gasteiger partial charge in [-0.2, -0.15) is 0 Å². The fourth-order valence-electron chi connectivity index (χ4n) is 3.07. The summed E-state index contributed by atoms with van der Waals surface area (Å²) in [5.41, 5.74) is 5.06. The van der Waals surface area contributed by atoms with Crippen molar-refractivity contribution in [2.45, 2.75) is 19.4 Å². The average Bonchev–Trinajstić information content (AvgIpc) is 2.53. The molecule has 2 aromatic carbocycles. The lowest BCUT2D eigenvalue weighted by atomic mass is 9.84. The first kappa shape index (κ1) is 13.6. The predicted octanol–water partition coefficient (Wildman–Crippen LogP) is 3.66. The number of carbonyl (C=O) groups is 1. The molecule has 0 N–H and O–H groups in total. The zero-order valence-electron chi connectivity index (χ0n) is 12.3. The van der Waals surface area contributed by atoms with E-state index in [2.05, 4.69) is 56.0 Å². The smallest absolute Gasteiger partial charge is 0.246 e. The van der Waals surface area contributed by atoms with Crippen molar-refractivity contribution in [1.82, 2.24) is 4.90 Å². The molecule has 0 radical (unpaired) electrons. The second-order valence-corrected chi connectivity index (χ2v) is 5.59. The molecule has 1 atom stereocenters. The molecule has 3 rings (SSSR count). The van der Waals surface area contributed by atoms with Crippen molar-refractivity contribution in [1.29, 1.82) is 0 Å². The van der Waals surface area contributed by atoms with Gasteiger partial charge >= 0.3 is 0 Å². The molecule has 1 aliphatic heterocycles. The summed E-state index contributed by atoms with van der Waals surface area (Å²) >= 11 is 0. The molecule has 2 nitrogen and oxygen atoms in total. The Morgan fingerprint density at radius 3 is 2.71 bits per heavy atom. The van der Waals surface area contributed by atoms with Gasteiger partial charge in [0.05, 0.1) is 0 Å². The Bertz CT molecular complexity index is 675. The topological polar surface area (TPSA) is 20.3 Å². The van der Waals surface area contributed by atoms with Gasteiger partial charge in [0.1, 0.15) is 0 Å². The van der Waals surface area contributed by atoms with Crippen LogP contribution >= 0.6 is 0 Å². The Labute approximate surface area is 125 Å². The van der Waals surface area contributed by atoms with Crippen molar-refractivity contribution in [2.75, 3.05) is 6.54 Å². The van der Waals surface area contributed by atoms with Gasteiger partial charge in [-0.05, 0) is 29.7 Å². The molecule has 0 saturated heterocycles. The minimum atomic E-state index is 0.00286. The number of rotatable bonds is 2. The van der Waals surface area contributed by atoms with E-state index in [1.165, 1.54) is 28.3 Å². The third-order valence-electron chi connectivity index (χ3n) is 4.13. The van der Waals surface area contributed by atoms with Gasteiger partial charge in [0, 0.05) is 19.0 Å². The molecule has 21 heavy (non-hydrogen) atoms. The van der Waals surface area contributed by atoms with Crippen molar-refractivity contribution in [3.8, 4) is 0 Å². The van der Waals surface area contributed by atoms with E-state index in [0.29, 0.717) is 13.1 Å².